The third kappa shape index (κ3) is 4.02. The summed E-state index contributed by atoms with van der Waals surface area (Å²) >= 11 is 0. The van der Waals surface area contributed by atoms with Crippen molar-refractivity contribution in [3.05, 3.63) is 65.9 Å². The Morgan fingerprint density at radius 3 is 2.60 bits per heavy atom. The summed E-state index contributed by atoms with van der Waals surface area (Å²) in [4.78, 5) is 14.1. The summed E-state index contributed by atoms with van der Waals surface area (Å²) in [5.41, 5.74) is 3.30. The molecule has 1 saturated heterocycles. The smallest absolute Gasteiger partial charge is 0.231 e. The number of benzene rings is 2. The number of para-hydroxylation sites is 1. The van der Waals surface area contributed by atoms with Crippen LogP contribution < -0.4 is 19.7 Å². The highest BCUT2D eigenvalue weighted by atomic mass is 16.7. The molecule has 0 atom stereocenters. The van der Waals surface area contributed by atoms with Crippen LogP contribution in [0, 0.1) is 6.92 Å². The van der Waals surface area contributed by atoms with Gasteiger partial charge in [-0.05, 0) is 36.8 Å². The van der Waals surface area contributed by atoms with E-state index in [2.05, 4.69) is 32.2 Å². The maximum atomic E-state index is 5.50. The molecule has 1 N–H and O–H groups in total. The summed E-state index contributed by atoms with van der Waals surface area (Å²) in [7, 11) is 0. The van der Waals surface area contributed by atoms with Crippen molar-refractivity contribution >= 4 is 17.5 Å². The van der Waals surface area contributed by atoms with Gasteiger partial charge in [0.15, 0.2) is 11.5 Å². The number of anilines is 3. The lowest BCUT2D eigenvalue weighted by molar-refractivity contribution is 0.174. The van der Waals surface area contributed by atoms with Crippen LogP contribution in [-0.4, -0.2) is 47.8 Å². The third-order valence-corrected chi connectivity index (χ3v) is 5.49. The Morgan fingerprint density at radius 2 is 1.77 bits per heavy atom. The van der Waals surface area contributed by atoms with Gasteiger partial charge in [0.1, 0.15) is 5.82 Å². The molecule has 0 spiro atoms. The average Bonchev–Trinajstić information content (AvgIpc) is 3.25. The summed E-state index contributed by atoms with van der Waals surface area (Å²) in [5.74, 6) is 3.31. The van der Waals surface area contributed by atoms with Crippen LogP contribution in [0.4, 0.5) is 17.5 Å². The Balaban J connectivity index is 1.22. The van der Waals surface area contributed by atoms with Crippen molar-refractivity contribution < 1.29 is 9.47 Å². The molecule has 154 valence electrons. The second kappa shape index (κ2) is 8.20. The van der Waals surface area contributed by atoms with Crippen molar-refractivity contribution in [2.75, 3.05) is 43.2 Å². The molecule has 2 aliphatic rings. The van der Waals surface area contributed by atoms with Crippen LogP contribution in [0.2, 0.25) is 0 Å². The Morgan fingerprint density at radius 1 is 0.967 bits per heavy atom. The Kier molecular flexibility index (Phi) is 5.11. The number of hydrogen-bond donors (Lipinski definition) is 1. The van der Waals surface area contributed by atoms with E-state index in [0.29, 0.717) is 6.79 Å². The third-order valence-electron chi connectivity index (χ3n) is 5.49. The van der Waals surface area contributed by atoms with Crippen molar-refractivity contribution in [3.63, 3.8) is 0 Å². The molecule has 0 saturated carbocycles. The molecule has 7 nitrogen and oxygen atoms in total. The number of piperazine rings is 1. The number of aryl methyl sites for hydroxylation is 1. The van der Waals surface area contributed by atoms with Gasteiger partial charge in [0.05, 0.1) is 0 Å². The number of aromatic nitrogens is 2. The molecule has 1 aromatic heterocycles. The van der Waals surface area contributed by atoms with Crippen molar-refractivity contribution in [1.29, 1.82) is 0 Å². The standard InChI is InChI=1S/C23H25N5O2/c1-17-14-24-23(26-22(17)25-19-5-3-2-4-6-19)28-11-9-27(10-12-28)15-18-7-8-20-21(13-18)30-16-29-20/h2-8,13-14H,9-12,15-16H2,1H3,(H,24,25,26). The topological polar surface area (TPSA) is 62.8 Å². The van der Waals surface area contributed by atoms with Gasteiger partial charge in [-0.2, -0.15) is 4.98 Å². The molecule has 2 aromatic carbocycles. The minimum absolute atomic E-state index is 0.315. The molecule has 0 aliphatic carbocycles. The van der Waals surface area contributed by atoms with E-state index < -0.39 is 0 Å². The fourth-order valence-electron chi connectivity index (χ4n) is 3.77. The minimum Gasteiger partial charge on any atom is -0.454 e. The minimum atomic E-state index is 0.315. The van der Waals surface area contributed by atoms with E-state index in [0.717, 1.165) is 67.2 Å². The zero-order valence-corrected chi connectivity index (χ0v) is 17.0. The Bertz CT molecular complexity index is 1020. The SMILES string of the molecule is Cc1cnc(N2CCN(Cc3ccc4c(c3)OCO4)CC2)nc1Nc1ccccc1. The van der Waals surface area contributed by atoms with Gasteiger partial charge in [-0.3, -0.25) is 4.90 Å². The number of nitrogens with one attached hydrogen (secondary N) is 1. The van der Waals surface area contributed by atoms with E-state index in [9.17, 15) is 0 Å². The Hall–Kier alpha value is -3.32. The molecule has 7 heteroatoms. The van der Waals surface area contributed by atoms with Gasteiger partial charge in [-0.15, -0.1) is 0 Å². The lowest BCUT2D eigenvalue weighted by Crippen LogP contribution is -2.46. The molecule has 0 bridgehead atoms. The molecule has 3 heterocycles. The van der Waals surface area contributed by atoms with Crippen LogP contribution in [0.25, 0.3) is 0 Å². The van der Waals surface area contributed by atoms with Crippen molar-refractivity contribution in [3.8, 4) is 11.5 Å². The Labute approximate surface area is 176 Å². The van der Waals surface area contributed by atoms with Crippen molar-refractivity contribution in [1.82, 2.24) is 14.9 Å². The molecule has 0 unspecified atom stereocenters. The maximum absolute atomic E-state index is 5.50. The highest BCUT2D eigenvalue weighted by Crippen LogP contribution is 2.33. The molecule has 3 aromatic rings. The van der Waals surface area contributed by atoms with E-state index in [4.69, 9.17) is 14.5 Å². The van der Waals surface area contributed by atoms with Crippen LogP contribution in [0.15, 0.2) is 54.7 Å². The normalized spacial score (nSPS) is 16.0. The summed E-state index contributed by atoms with van der Waals surface area (Å²) < 4.78 is 10.9. The fourth-order valence-corrected chi connectivity index (χ4v) is 3.77. The molecule has 30 heavy (non-hydrogen) atoms. The second-order valence-corrected chi connectivity index (χ2v) is 7.64. The zero-order valence-electron chi connectivity index (χ0n) is 17.0. The molecule has 0 radical (unpaired) electrons. The quantitative estimate of drug-likeness (QED) is 0.699. The first kappa shape index (κ1) is 18.7. The summed E-state index contributed by atoms with van der Waals surface area (Å²) in [6, 6.07) is 16.3. The molecule has 5 rings (SSSR count). The largest absolute Gasteiger partial charge is 0.454 e. The number of rotatable bonds is 5. The number of fused-ring (bicyclic) bond motifs is 1. The van der Waals surface area contributed by atoms with Gasteiger partial charge in [0, 0.05) is 50.2 Å². The first-order valence-electron chi connectivity index (χ1n) is 10.3. The van der Waals surface area contributed by atoms with Gasteiger partial charge in [0.25, 0.3) is 0 Å². The van der Waals surface area contributed by atoms with E-state index in [1.54, 1.807) is 0 Å². The lowest BCUT2D eigenvalue weighted by Gasteiger charge is -2.35. The fraction of sp³-hybridized carbons (Fsp3) is 0.304. The van der Waals surface area contributed by atoms with Crippen LogP contribution in [0.5, 0.6) is 11.5 Å². The second-order valence-electron chi connectivity index (χ2n) is 7.64. The number of nitrogens with zero attached hydrogens (tertiary/aromatic N) is 4. The van der Waals surface area contributed by atoms with Gasteiger partial charge in [-0.25, -0.2) is 4.98 Å². The zero-order chi connectivity index (χ0) is 20.3. The highest BCUT2D eigenvalue weighted by Gasteiger charge is 2.21. The molecule has 1 fully saturated rings. The monoisotopic (exact) mass is 403 g/mol. The van der Waals surface area contributed by atoms with Crippen molar-refractivity contribution in [2.24, 2.45) is 0 Å². The first-order valence-corrected chi connectivity index (χ1v) is 10.3. The summed E-state index contributed by atoms with van der Waals surface area (Å²) in [5, 5.41) is 3.40. The van der Waals surface area contributed by atoms with E-state index >= 15 is 0 Å². The van der Waals surface area contributed by atoms with Gasteiger partial charge in [-0.1, -0.05) is 24.3 Å². The summed E-state index contributed by atoms with van der Waals surface area (Å²) in [6.45, 7) is 6.98. The molecular formula is C23H25N5O2. The predicted octanol–water partition coefficient (Wildman–Crippen LogP) is 3.58. The summed E-state index contributed by atoms with van der Waals surface area (Å²) in [6.07, 6.45) is 1.90. The highest BCUT2D eigenvalue weighted by molar-refractivity contribution is 5.60. The molecular weight excluding hydrogens is 378 g/mol. The predicted molar refractivity (Wildman–Crippen MR) is 117 cm³/mol. The van der Waals surface area contributed by atoms with E-state index in [-0.39, 0.29) is 0 Å². The molecule has 2 aliphatic heterocycles. The van der Waals surface area contributed by atoms with Gasteiger partial charge < -0.3 is 19.7 Å². The van der Waals surface area contributed by atoms with Crippen molar-refractivity contribution in [2.45, 2.75) is 13.5 Å². The van der Waals surface area contributed by atoms with E-state index in [1.807, 2.05) is 49.5 Å². The maximum Gasteiger partial charge on any atom is 0.231 e. The van der Waals surface area contributed by atoms with Crippen LogP contribution >= 0.6 is 0 Å². The molecule has 0 amide bonds. The van der Waals surface area contributed by atoms with E-state index in [1.165, 1.54) is 5.56 Å². The van der Waals surface area contributed by atoms with Crippen LogP contribution in [-0.2, 0) is 6.54 Å². The first-order chi connectivity index (χ1) is 14.7. The van der Waals surface area contributed by atoms with Crippen LogP contribution in [0.3, 0.4) is 0 Å². The number of ether oxygens (including phenoxy) is 2. The van der Waals surface area contributed by atoms with Gasteiger partial charge >= 0.3 is 0 Å². The lowest BCUT2D eigenvalue weighted by atomic mass is 10.1. The number of hydrogen-bond acceptors (Lipinski definition) is 7. The van der Waals surface area contributed by atoms with Crippen LogP contribution in [0.1, 0.15) is 11.1 Å². The van der Waals surface area contributed by atoms with Gasteiger partial charge in [0.2, 0.25) is 12.7 Å². The average molecular weight is 403 g/mol.